The van der Waals surface area contributed by atoms with E-state index in [-0.39, 0.29) is 0 Å². The van der Waals surface area contributed by atoms with E-state index in [1.54, 1.807) is 12.4 Å². The van der Waals surface area contributed by atoms with Gasteiger partial charge in [0.15, 0.2) is 0 Å². The molecule has 118 valence electrons. The third kappa shape index (κ3) is 3.10. The number of imidazole rings is 1. The third-order valence-electron chi connectivity index (χ3n) is 3.88. The van der Waals surface area contributed by atoms with Crippen LogP contribution in [0.15, 0.2) is 79.6 Å². The zero-order valence-corrected chi connectivity index (χ0v) is 13.2. The largest absolute Gasteiger partial charge is 0.326 e. The summed E-state index contributed by atoms with van der Waals surface area (Å²) in [5.41, 5.74) is 3.46. The minimum absolute atomic E-state index is 0.743. The molecule has 1 aromatic carbocycles. The first-order valence-electron chi connectivity index (χ1n) is 7.85. The van der Waals surface area contributed by atoms with E-state index in [1.807, 2.05) is 53.6 Å². The van der Waals surface area contributed by atoms with Crippen molar-refractivity contribution in [2.75, 3.05) is 0 Å². The summed E-state index contributed by atoms with van der Waals surface area (Å²) in [5, 5.41) is 4.47. The van der Waals surface area contributed by atoms with E-state index in [0.717, 1.165) is 30.0 Å². The summed E-state index contributed by atoms with van der Waals surface area (Å²) in [6.07, 6.45) is 11.4. The highest BCUT2D eigenvalue weighted by molar-refractivity contribution is 5.54. The van der Waals surface area contributed by atoms with E-state index in [0.29, 0.717) is 0 Å². The predicted octanol–water partition coefficient (Wildman–Crippen LogP) is 3.24. The molecule has 0 spiro atoms. The summed E-state index contributed by atoms with van der Waals surface area (Å²) >= 11 is 0. The molecule has 0 aliphatic carbocycles. The van der Waals surface area contributed by atoms with Gasteiger partial charge in [-0.3, -0.25) is 9.67 Å². The van der Waals surface area contributed by atoms with Crippen molar-refractivity contribution in [1.29, 1.82) is 0 Å². The monoisotopic (exact) mass is 315 g/mol. The van der Waals surface area contributed by atoms with Gasteiger partial charge in [-0.05, 0) is 17.7 Å². The first-order chi connectivity index (χ1) is 11.9. The molecule has 5 nitrogen and oxygen atoms in total. The van der Waals surface area contributed by atoms with E-state index in [2.05, 4.69) is 38.0 Å². The summed E-state index contributed by atoms with van der Waals surface area (Å²) in [6.45, 7) is 1.52. The molecule has 0 fully saturated rings. The maximum atomic E-state index is 4.47. The molecule has 0 bridgehead atoms. The summed E-state index contributed by atoms with van der Waals surface area (Å²) in [6, 6.07) is 14.3. The van der Waals surface area contributed by atoms with Crippen LogP contribution in [0.4, 0.5) is 0 Å². The molecule has 24 heavy (non-hydrogen) atoms. The molecule has 5 heteroatoms. The van der Waals surface area contributed by atoms with E-state index < -0.39 is 0 Å². The second-order valence-electron chi connectivity index (χ2n) is 5.65. The van der Waals surface area contributed by atoms with Gasteiger partial charge < -0.3 is 4.57 Å². The molecule has 0 N–H and O–H groups in total. The quantitative estimate of drug-likeness (QED) is 0.568. The molecule has 0 saturated heterocycles. The second kappa shape index (κ2) is 6.50. The lowest BCUT2D eigenvalue weighted by Gasteiger charge is -2.06. The summed E-state index contributed by atoms with van der Waals surface area (Å²) in [7, 11) is 0. The zero-order chi connectivity index (χ0) is 16.2. The molecule has 3 aromatic heterocycles. The van der Waals surface area contributed by atoms with Gasteiger partial charge in [0.25, 0.3) is 0 Å². The lowest BCUT2D eigenvalue weighted by molar-refractivity contribution is 0.685. The molecule has 3 heterocycles. The van der Waals surface area contributed by atoms with Crippen molar-refractivity contribution < 1.29 is 0 Å². The Labute approximate surface area is 140 Å². The molecular formula is C19H17N5. The highest BCUT2D eigenvalue weighted by atomic mass is 15.3. The lowest BCUT2D eigenvalue weighted by atomic mass is 10.2. The average Bonchev–Trinajstić information content (AvgIpc) is 3.27. The van der Waals surface area contributed by atoms with E-state index >= 15 is 0 Å². The maximum absolute atomic E-state index is 4.47. The van der Waals surface area contributed by atoms with Crippen LogP contribution in [0.1, 0.15) is 11.1 Å². The Morgan fingerprint density at radius 2 is 1.67 bits per heavy atom. The fourth-order valence-corrected chi connectivity index (χ4v) is 2.74. The normalized spacial score (nSPS) is 10.8. The van der Waals surface area contributed by atoms with Crippen LogP contribution in [-0.2, 0) is 13.1 Å². The highest BCUT2D eigenvalue weighted by Gasteiger charge is 2.07. The van der Waals surface area contributed by atoms with Crippen molar-refractivity contribution in [3.8, 4) is 11.4 Å². The Balaban J connectivity index is 1.52. The van der Waals surface area contributed by atoms with Crippen LogP contribution < -0.4 is 0 Å². The Kier molecular flexibility index (Phi) is 3.90. The number of nitrogens with zero attached hydrogens (tertiary/aromatic N) is 5. The van der Waals surface area contributed by atoms with Crippen LogP contribution in [0.3, 0.4) is 0 Å². The fourth-order valence-electron chi connectivity index (χ4n) is 2.74. The van der Waals surface area contributed by atoms with Crippen molar-refractivity contribution in [2.24, 2.45) is 0 Å². The van der Waals surface area contributed by atoms with Crippen LogP contribution in [0.5, 0.6) is 0 Å². The summed E-state index contributed by atoms with van der Waals surface area (Å²) < 4.78 is 4.09. The maximum Gasteiger partial charge on any atom is 0.140 e. The molecule has 0 aliphatic heterocycles. The van der Waals surface area contributed by atoms with Crippen LogP contribution in [-0.4, -0.2) is 24.3 Å². The molecule has 0 saturated carbocycles. The molecule has 0 atom stereocenters. The SMILES string of the molecule is c1ccc(Cn2cc(Cn3ccnc3-c3ccncc3)cn2)cc1. The lowest BCUT2D eigenvalue weighted by Crippen LogP contribution is -2.01. The fraction of sp³-hybridized carbons (Fsp3) is 0.105. The van der Waals surface area contributed by atoms with Crippen molar-refractivity contribution in [3.63, 3.8) is 0 Å². The predicted molar refractivity (Wildman–Crippen MR) is 92.3 cm³/mol. The minimum atomic E-state index is 0.743. The van der Waals surface area contributed by atoms with Crippen molar-refractivity contribution in [2.45, 2.75) is 13.1 Å². The molecule has 0 unspecified atom stereocenters. The van der Waals surface area contributed by atoms with Crippen LogP contribution >= 0.6 is 0 Å². The Bertz CT molecular complexity index is 909. The standard InChI is InChI=1S/C19H17N5/c1-2-4-16(5-3-1)14-24-15-17(12-22-24)13-23-11-10-21-19(23)18-6-8-20-9-7-18/h1-12,15H,13-14H2. The number of aromatic nitrogens is 5. The van der Waals surface area contributed by atoms with Crippen molar-refractivity contribution >= 4 is 0 Å². The molecular weight excluding hydrogens is 298 g/mol. The van der Waals surface area contributed by atoms with E-state index in [9.17, 15) is 0 Å². The molecule has 0 amide bonds. The smallest absolute Gasteiger partial charge is 0.140 e. The molecule has 4 aromatic rings. The topological polar surface area (TPSA) is 48.5 Å². The number of pyridine rings is 1. The highest BCUT2D eigenvalue weighted by Crippen LogP contribution is 2.17. The number of benzene rings is 1. The van der Waals surface area contributed by atoms with Crippen LogP contribution in [0, 0.1) is 0 Å². The Hall–Kier alpha value is -3.21. The van der Waals surface area contributed by atoms with Gasteiger partial charge >= 0.3 is 0 Å². The van der Waals surface area contributed by atoms with Gasteiger partial charge in [-0.2, -0.15) is 5.10 Å². The summed E-state index contributed by atoms with van der Waals surface area (Å²) in [4.78, 5) is 8.53. The number of hydrogen-bond donors (Lipinski definition) is 0. The minimum Gasteiger partial charge on any atom is -0.326 e. The molecule has 0 aliphatic rings. The van der Waals surface area contributed by atoms with E-state index in [1.165, 1.54) is 5.56 Å². The van der Waals surface area contributed by atoms with Crippen LogP contribution in [0.25, 0.3) is 11.4 Å². The first-order valence-corrected chi connectivity index (χ1v) is 7.85. The van der Waals surface area contributed by atoms with Crippen molar-refractivity contribution in [3.05, 3.63) is 90.8 Å². The summed E-state index contributed by atoms with van der Waals surface area (Å²) in [5.74, 6) is 0.938. The molecule has 0 radical (unpaired) electrons. The van der Waals surface area contributed by atoms with Gasteiger partial charge in [-0.25, -0.2) is 4.98 Å². The van der Waals surface area contributed by atoms with Gasteiger partial charge in [0, 0.05) is 42.1 Å². The Morgan fingerprint density at radius 3 is 2.50 bits per heavy atom. The Morgan fingerprint density at radius 1 is 0.833 bits per heavy atom. The number of hydrogen-bond acceptors (Lipinski definition) is 3. The van der Waals surface area contributed by atoms with Gasteiger partial charge in [0.05, 0.1) is 19.3 Å². The zero-order valence-electron chi connectivity index (χ0n) is 13.2. The third-order valence-corrected chi connectivity index (χ3v) is 3.88. The molecule has 4 rings (SSSR count). The first kappa shape index (κ1) is 14.4. The number of rotatable bonds is 5. The van der Waals surface area contributed by atoms with Gasteiger partial charge in [-0.15, -0.1) is 0 Å². The second-order valence-corrected chi connectivity index (χ2v) is 5.65. The van der Waals surface area contributed by atoms with Gasteiger partial charge in [0.2, 0.25) is 0 Å². The van der Waals surface area contributed by atoms with Gasteiger partial charge in [-0.1, -0.05) is 30.3 Å². The van der Waals surface area contributed by atoms with Crippen LogP contribution in [0.2, 0.25) is 0 Å². The van der Waals surface area contributed by atoms with Gasteiger partial charge in [0.1, 0.15) is 5.82 Å². The van der Waals surface area contributed by atoms with E-state index in [4.69, 9.17) is 0 Å². The van der Waals surface area contributed by atoms with Crippen molar-refractivity contribution in [1.82, 2.24) is 24.3 Å². The average molecular weight is 315 g/mol.